The number of hydrogen-bond donors (Lipinski definition) is 2. The van der Waals surface area contributed by atoms with Crippen LogP contribution in [0, 0.1) is 11.8 Å². The van der Waals surface area contributed by atoms with Gasteiger partial charge < -0.3 is 5.32 Å². The van der Waals surface area contributed by atoms with Gasteiger partial charge in [-0.1, -0.05) is 13.0 Å². The summed E-state index contributed by atoms with van der Waals surface area (Å²) >= 11 is 0. The molecule has 0 radical (unpaired) electrons. The van der Waals surface area contributed by atoms with Crippen molar-refractivity contribution in [2.75, 3.05) is 5.32 Å². The number of carbonyl (C=O) groups excluding carboxylic acids is 2. The number of nitrogens with one attached hydrogen (secondary N) is 2. The normalized spacial score (nSPS) is 29.5. The molecule has 5 nitrogen and oxygen atoms in total. The summed E-state index contributed by atoms with van der Waals surface area (Å²) in [7, 11) is 0. The van der Waals surface area contributed by atoms with E-state index in [9.17, 15) is 9.59 Å². The Balaban J connectivity index is 1.72. The number of rotatable bonds is 2. The van der Waals surface area contributed by atoms with Gasteiger partial charge in [-0.15, -0.1) is 0 Å². The third-order valence-corrected chi connectivity index (χ3v) is 5.23. The zero-order valence-electron chi connectivity index (χ0n) is 12.6. The molecular formula is C17H19N3O2. The second kappa shape index (κ2) is 4.93. The molecule has 22 heavy (non-hydrogen) atoms. The lowest BCUT2D eigenvalue weighted by Crippen LogP contribution is -2.47. The standard InChI is InChI=1S/C17H19N3O2/c1-2-9-8-15(21)18-14-6-3-10(7-13(9)14)16-11-4-5-12(11)17(22)20-19-16/h3,6-7,9,11-12H,2,4-5,8H2,1H3,(H,18,21)(H,20,22). The smallest absolute Gasteiger partial charge is 0.243 e. The van der Waals surface area contributed by atoms with E-state index in [0.29, 0.717) is 6.42 Å². The van der Waals surface area contributed by atoms with E-state index in [-0.39, 0.29) is 29.6 Å². The molecule has 5 heteroatoms. The molecule has 0 aromatic heterocycles. The van der Waals surface area contributed by atoms with E-state index < -0.39 is 0 Å². The minimum absolute atomic E-state index is 0.0525. The monoisotopic (exact) mass is 297 g/mol. The second-order valence-corrected chi connectivity index (χ2v) is 6.42. The molecule has 1 fully saturated rings. The van der Waals surface area contributed by atoms with Gasteiger partial charge in [0.15, 0.2) is 0 Å². The fourth-order valence-corrected chi connectivity index (χ4v) is 3.77. The van der Waals surface area contributed by atoms with Gasteiger partial charge >= 0.3 is 0 Å². The van der Waals surface area contributed by atoms with Crippen LogP contribution in [0.15, 0.2) is 23.3 Å². The first-order valence-electron chi connectivity index (χ1n) is 7.99. The van der Waals surface area contributed by atoms with Crippen LogP contribution in [0.2, 0.25) is 0 Å². The lowest BCUT2D eigenvalue weighted by molar-refractivity contribution is -0.129. The molecule has 1 aromatic rings. The van der Waals surface area contributed by atoms with E-state index in [2.05, 4.69) is 28.8 Å². The molecule has 4 rings (SSSR count). The fourth-order valence-electron chi connectivity index (χ4n) is 3.77. The molecular weight excluding hydrogens is 278 g/mol. The fraction of sp³-hybridized carbons (Fsp3) is 0.471. The molecule has 0 spiro atoms. The summed E-state index contributed by atoms with van der Waals surface area (Å²) in [6, 6.07) is 6.12. The minimum atomic E-state index is 0.0525. The van der Waals surface area contributed by atoms with Crippen LogP contribution in [0.25, 0.3) is 0 Å². The highest BCUT2D eigenvalue weighted by molar-refractivity contribution is 6.08. The van der Waals surface area contributed by atoms with Crippen molar-refractivity contribution in [2.45, 2.75) is 38.5 Å². The third kappa shape index (κ3) is 1.95. The Bertz CT molecular complexity index is 695. The highest BCUT2D eigenvalue weighted by atomic mass is 16.2. The lowest BCUT2D eigenvalue weighted by atomic mass is 9.68. The molecule has 1 aromatic carbocycles. The van der Waals surface area contributed by atoms with Crippen LogP contribution in [0.5, 0.6) is 0 Å². The first-order valence-corrected chi connectivity index (χ1v) is 7.99. The Labute approximate surface area is 129 Å². The van der Waals surface area contributed by atoms with Crippen molar-refractivity contribution >= 4 is 23.2 Å². The highest BCUT2D eigenvalue weighted by Crippen LogP contribution is 2.41. The number of amides is 2. The van der Waals surface area contributed by atoms with Crippen molar-refractivity contribution in [3.05, 3.63) is 29.3 Å². The van der Waals surface area contributed by atoms with Gasteiger partial charge in [-0.25, -0.2) is 5.43 Å². The number of fused-ring (bicyclic) bond motifs is 2. The van der Waals surface area contributed by atoms with E-state index in [1.54, 1.807) is 0 Å². The van der Waals surface area contributed by atoms with Crippen LogP contribution in [-0.2, 0) is 9.59 Å². The first kappa shape index (κ1) is 13.5. The van der Waals surface area contributed by atoms with Crippen molar-refractivity contribution in [3.63, 3.8) is 0 Å². The number of nitrogens with zero attached hydrogens (tertiary/aromatic N) is 1. The zero-order valence-corrected chi connectivity index (χ0v) is 12.6. The first-order chi connectivity index (χ1) is 10.7. The number of hydrogen-bond acceptors (Lipinski definition) is 3. The number of benzene rings is 1. The molecule has 1 saturated carbocycles. The largest absolute Gasteiger partial charge is 0.326 e. The number of hydrazone groups is 1. The van der Waals surface area contributed by atoms with E-state index in [1.807, 2.05) is 12.1 Å². The van der Waals surface area contributed by atoms with Crippen molar-refractivity contribution in [3.8, 4) is 0 Å². The summed E-state index contributed by atoms with van der Waals surface area (Å²) in [5, 5.41) is 7.25. The molecule has 0 saturated heterocycles. The summed E-state index contributed by atoms with van der Waals surface area (Å²) in [4.78, 5) is 23.5. The van der Waals surface area contributed by atoms with Crippen LogP contribution in [-0.4, -0.2) is 17.5 Å². The van der Waals surface area contributed by atoms with Gasteiger partial charge in [0, 0.05) is 23.9 Å². The predicted octanol–water partition coefficient (Wildman–Crippen LogP) is 2.38. The van der Waals surface area contributed by atoms with Crippen molar-refractivity contribution < 1.29 is 9.59 Å². The Kier molecular flexibility index (Phi) is 3.03. The molecule has 1 aliphatic carbocycles. The Hall–Kier alpha value is -2.17. The van der Waals surface area contributed by atoms with Crippen LogP contribution in [0.3, 0.4) is 0 Å². The maximum atomic E-state index is 11.7. The van der Waals surface area contributed by atoms with E-state index in [0.717, 1.165) is 36.2 Å². The van der Waals surface area contributed by atoms with E-state index in [1.165, 1.54) is 5.56 Å². The lowest BCUT2D eigenvalue weighted by Gasteiger charge is -2.39. The van der Waals surface area contributed by atoms with Gasteiger partial charge in [-0.2, -0.15) is 5.10 Å². The van der Waals surface area contributed by atoms with Gasteiger partial charge in [0.05, 0.1) is 5.71 Å². The molecule has 3 aliphatic rings. The molecule has 2 amide bonds. The summed E-state index contributed by atoms with van der Waals surface area (Å²) in [6.07, 6.45) is 3.47. The maximum absolute atomic E-state index is 11.7. The van der Waals surface area contributed by atoms with Crippen LogP contribution < -0.4 is 10.7 Å². The van der Waals surface area contributed by atoms with Gasteiger partial charge in [0.2, 0.25) is 11.8 Å². The SMILES string of the molecule is CCC1CC(=O)Nc2ccc(C3=NNC(=O)C4CCC34)cc21. The second-order valence-electron chi connectivity index (χ2n) is 6.42. The van der Waals surface area contributed by atoms with E-state index >= 15 is 0 Å². The zero-order chi connectivity index (χ0) is 15.3. The van der Waals surface area contributed by atoms with Crippen LogP contribution in [0.4, 0.5) is 5.69 Å². The third-order valence-electron chi connectivity index (χ3n) is 5.23. The van der Waals surface area contributed by atoms with Crippen LogP contribution in [0.1, 0.15) is 49.7 Å². The molecule has 3 unspecified atom stereocenters. The molecule has 2 N–H and O–H groups in total. The minimum Gasteiger partial charge on any atom is -0.326 e. The predicted molar refractivity (Wildman–Crippen MR) is 83.6 cm³/mol. The van der Waals surface area contributed by atoms with Crippen molar-refractivity contribution in [2.24, 2.45) is 16.9 Å². The number of carbonyl (C=O) groups is 2. The summed E-state index contributed by atoms with van der Waals surface area (Å²) in [6.45, 7) is 2.11. The van der Waals surface area contributed by atoms with Crippen LogP contribution >= 0.6 is 0 Å². The van der Waals surface area contributed by atoms with Gasteiger partial charge in [-0.05, 0) is 48.4 Å². The van der Waals surface area contributed by atoms with Gasteiger partial charge in [0.1, 0.15) is 0 Å². The van der Waals surface area contributed by atoms with Crippen molar-refractivity contribution in [1.82, 2.24) is 5.43 Å². The Morgan fingerprint density at radius 2 is 2.05 bits per heavy atom. The van der Waals surface area contributed by atoms with Gasteiger partial charge in [0.25, 0.3) is 0 Å². The highest BCUT2D eigenvalue weighted by Gasteiger charge is 2.43. The van der Waals surface area contributed by atoms with E-state index in [4.69, 9.17) is 0 Å². The molecule has 114 valence electrons. The maximum Gasteiger partial charge on any atom is 0.243 e. The van der Waals surface area contributed by atoms with Crippen molar-refractivity contribution in [1.29, 1.82) is 0 Å². The molecule has 3 atom stereocenters. The molecule has 0 bridgehead atoms. The summed E-state index contributed by atoms with van der Waals surface area (Å²) in [5.41, 5.74) is 6.82. The quantitative estimate of drug-likeness (QED) is 0.880. The number of anilines is 1. The summed E-state index contributed by atoms with van der Waals surface area (Å²) < 4.78 is 0. The molecule has 2 heterocycles. The van der Waals surface area contributed by atoms with Gasteiger partial charge in [-0.3, -0.25) is 9.59 Å². The summed E-state index contributed by atoms with van der Waals surface area (Å²) in [5.74, 6) is 0.750. The molecule has 2 aliphatic heterocycles. The average Bonchev–Trinajstić information content (AvgIpc) is 2.47. The topological polar surface area (TPSA) is 70.6 Å². The Morgan fingerprint density at radius 3 is 2.77 bits per heavy atom. The average molecular weight is 297 g/mol. The Morgan fingerprint density at radius 1 is 1.23 bits per heavy atom.